The van der Waals surface area contributed by atoms with Crippen molar-refractivity contribution in [2.75, 3.05) is 37.5 Å². The van der Waals surface area contributed by atoms with Gasteiger partial charge in [0.05, 0.1) is 32.6 Å². The van der Waals surface area contributed by atoms with E-state index in [-0.39, 0.29) is 16.9 Å². The molecular formula is C21H24ClN5O3. The van der Waals surface area contributed by atoms with Crippen LogP contribution < -0.4 is 15.4 Å². The number of aryl methyl sites for hydroxylation is 1. The number of nitrogen functional groups attached to an aromatic ring is 1. The first-order chi connectivity index (χ1) is 14.4. The molecule has 2 aliphatic rings. The number of carbonyl (C=O) groups is 1. The molecule has 0 bridgehead atoms. The van der Waals surface area contributed by atoms with Crippen molar-refractivity contribution in [2.24, 2.45) is 0 Å². The summed E-state index contributed by atoms with van der Waals surface area (Å²) in [6.07, 6.45) is 3.25. The van der Waals surface area contributed by atoms with Crippen LogP contribution in [0.15, 0.2) is 17.3 Å². The number of nitrogens with two attached hydrogens (primary N) is 1. The molecule has 0 aliphatic carbocycles. The Hall–Kier alpha value is -2.71. The standard InChI is InChI=1S/C21H24ClN5O3/c1-11-8-24-15(12(2)18(11)29-3)10-27-9-14(13-4-6-30-7-5-13)17(28)16-19(22)25-21(23)26-20(16)27/h8H,4-7,9-10H2,1-3H3,(H2,23,25,26). The summed E-state index contributed by atoms with van der Waals surface area (Å²) in [4.78, 5) is 28.3. The maximum absolute atomic E-state index is 13.3. The Kier molecular flexibility index (Phi) is 5.62. The van der Waals surface area contributed by atoms with Crippen LogP contribution in [0.25, 0.3) is 0 Å². The molecule has 0 aromatic carbocycles. The van der Waals surface area contributed by atoms with Crippen LogP contribution in [-0.4, -0.2) is 47.6 Å². The number of pyridine rings is 1. The van der Waals surface area contributed by atoms with Gasteiger partial charge in [0.15, 0.2) is 5.78 Å². The lowest BCUT2D eigenvalue weighted by molar-refractivity contribution is 0.101. The quantitative estimate of drug-likeness (QED) is 0.586. The number of hydrogen-bond donors (Lipinski definition) is 1. The maximum Gasteiger partial charge on any atom is 0.223 e. The minimum absolute atomic E-state index is 0.0323. The molecule has 0 atom stereocenters. The normalized spacial score (nSPS) is 16.7. The Morgan fingerprint density at radius 3 is 2.70 bits per heavy atom. The molecule has 1 saturated heterocycles. The Labute approximate surface area is 180 Å². The molecule has 2 aromatic rings. The molecule has 2 aromatic heterocycles. The van der Waals surface area contributed by atoms with Gasteiger partial charge in [-0.15, -0.1) is 0 Å². The number of rotatable bonds is 3. The highest BCUT2D eigenvalue weighted by atomic mass is 35.5. The van der Waals surface area contributed by atoms with Crippen molar-refractivity contribution in [1.29, 1.82) is 0 Å². The number of halogens is 1. The highest BCUT2D eigenvalue weighted by Gasteiger charge is 2.34. The van der Waals surface area contributed by atoms with E-state index in [1.54, 1.807) is 13.3 Å². The summed E-state index contributed by atoms with van der Waals surface area (Å²) in [7, 11) is 1.65. The number of nitrogens with zero attached hydrogens (tertiary/aromatic N) is 4. The summed E-state index contributed by atoms with van der Waals surface area (Å²) < 4.78 is 11.0. The van der Waals surface area contributed by atoms with Crippen molar-refractivity contribution in [3.8, 4) is 5.75 Å². The third-order valence-corrected chi connectivity index (χ3v) is 5.90. The summed E-state index contributed by atoms with van der Waals surface area (Å²) in [5.41, 5.74) is 10.7. The zero-order chi connectivity index (χ0) is 21.4. The fourth-order valence-electron chi connectivity index (χ4n) is 4.08. The van der Waals surface area contributed by atoms with E-state index in [1.165, 1.54) is 0 Å². The Morgan fingerprint density at radius 1 is 1.27 bits per heavy atom. The van der Waals surface area contributed by atoms with Gasteiger partial charge >= 0.3 is 0 Å². The van der Waals surface area contributed by atoms with E-state index in [2.05, 4.69) is 15.0 Å². The molecule has 1 fully saturated rings. The van der Waals surface area contributed by atoms with Gasteiger partial charge in [-0.25, -0.2) is 4.98 Å². The topological polar surface area (TPSA) is 103 Å². The number of ether oxygens (including phenoxy) is 2. The van der Waals surface area contributed by atoms with Crippen LogP contribution >= 0.6 is 11.6 Å². The first-order valence-electron chi connectivity index (χ1n) is 9.81. The number of hydrogen-bond acceptors (Lipinski definition) is 8. The van der Waals surface area contributed by atoms with Crippen molar-refractivity contribution in [1.82, 2.24) is 15.0 Å². The molecule has 2 aliphatic heterocycles. The lowest BCUT2D eigenvalue weighted by Gasteiger charge is -2.33. The number of Topliss-reactive ketones (excluding diaryl/α,β-unsaturated/α-hetero) is 1. The van der Waals surface area contributed by atoms with Gasteiger partial charge in [-0.2, -0.15) is 4.98 Å². The van der Waals surface area contributed by atoms with Crippen LogP contribution in [0.2, 0.25) is 5.15 Å². The highest BCUT2D eigenvalue weighted by Crippen LogP contribution is 2.36. The van der Waals surface area contributed by atoms with E-state index in [9.17, 15) is 4.79 Å². The third kappa shape index (κ3) is 3.61. The van der Waals surface area contributed by atoms with Crippen molar-refractivity contribution >= 4 is 29.2 Å². The SMILES string of the molecule is COc1c(C)cnc(CN2CC(=C3CCOCC3)C(=O)c3c(Cl)nc(N)nc32)c1C. The van der Waals surface area contributed by atoms with Crippen LogP contribution in [0, 0.1) is 13.8 Å². The van der Waals surface area contributed by atoms with Crippen molar-refractivity contribution < 1.29 is 14.3 Å². The van der Waals surface area contributed by atoms with Crippen LogP contribution in [0.5, 0.6) is 5.75 Å². The van der Waals surface area contributed by atoms with E-state index in [4.69, 9.17) is 26.8 Å². The number of anilines is 2. The van der Waals surface area contributed by atoms with Gasteiger partial charge in [0, 0.05) is 29.4 Å². The van der Waals surface area contributed by atoms with Gasteiger partial charge in [-0.1, -0.05) is 17.2 Å². The number of carbonyl (C=O) groups excluding carboxylic acids is 1. The van der Waals surface area contributed by atoms with Crippen LogP contribution in [0.4, 0.5) is 11.8 Å². The van der Waals surface area contributed by atoms with Crippen molar-refractivity contribution in [3.63, 3.8) is 0 Å². The van der Waals surface area contributed by atoms with Crippen molar-refractivity contribution in [3.05, 3.63) is 44.9 Å². The highest BCUT2D eigenvalue weighted by molar-refractivity contribution is 6.35. The van der Waals surface area contributed by atoms with E-state index < -0.39 is 0 Å². The first kappa shape index (κ1) is 20.6. The van der Waals surface area contributed by atoms with E-state index in [0.717, 1.165) is 46.6 Å². The van der Waals surface area contributed by atoms with E-state index >= 15 is 0 Å². The smallest absolute Gasteiger partial charge is 0.223 e. The third-order valence-electron chi connectivity index (χ3n) is 5.63. The molecule has 4 rings (SSSR count). The molecule has 2 N–H and O–H groups in total. The van der Waals surface area contributed by atoms with Crippen LogP contribution in [-0.2, 0) is 11.3 Å². The zero-order valence-corrected chi connectivity index (χ0v) is 18.0. The van der Waals surface area contributed by atoms with Crippen molar-refractivity contribution in [2.45, 2.75) is 33.2 Å². The number of methoxy groups -OCH3 is 1. The molecule has 0 amide bonds. The molecule has 0 unspecified atom stereocenters. The second kappa shape index (κ2) is 8.20. The van der Waals surface area contributed by atoms with Gasteiger partial charge < -0.3 is 20.1 Å². The predicted octanol–water partition coefficient (Wildman–Crippen LogP) is 3.04. The fraction of sp³-hybridized carbons (Fsp3) is 0.429. The van der Waals surface area contributed by atoms with Gasteiger partial charge in [-0.3, -0.25) is 9.78 Å². The van der Waals surface area contributed by atoms with Gasteiger partial charge in [0.25, 0.3) is 0 Å². The fourth-order valence-corrected chi connectivity index (χ4v) is 4.34. The Balaban J connectivity index is 1.81. The molecule has 9 heteroatoms. The monoisotopic (exact) mass is 429 g/mol. The second-order valence-corrected chi connectivity index (χ2v) is 7.86. The Morgan fingerprint density at radius 2 is 2.00 bits per heavy atom. The summed E-state index contributed by atoms with van der Waals surface area (Å²) in [6.45, 7) is 6.00. The van der Waals surface area contributed by atoms with Crippen LogP contribution in [0.3, 0.4) is 0 Å². The molecule has 0 spiro atoms. The minimum Gasteiger partial charge on any atom is -0.496 e. The number of aromatic nitrogens is 3. The number of ketones is 1. The van der Waals surface area contributed by atoms with Gasteiger partial charge in [-0.05, 0) is 26.7 Å². The average molecular weight is 430 g/mol. The van der Waals surface area contributed by atoms with E-state index in [1.807, 2.05) is 18.7 Å². The van der Waals surface area contributed by atoms with Crippen LogP contribution in [0.1, 0.15) is 40.0 Å². The molecule has 4 heterocycles. The number of fused-ring (bicyclic) bond motifs is 1. The van der Waals surface area contributed by atoms with Gasteiger partial charge in [0.1, 0.15) is 22.3 Å². The molecule has 158 valence electrons. The molecule has 0 radical (unpaired) electrons. The minimum atomic E-state index is -0.130. The zero-order valence-electron chi connectivity index (χ0n) is 17.3. The molecular weight excluding hydrogens is 406 g/mol. The average Bonchev–Trinajstić information content (AvgIpc) is 2.72. The first-order valence-corrected chi connectivity index (χ1v) is 10.2. The predicted molar refractivity (Wildman–Crippen MR) is 114 cm³/mol. The lowest BCUT2D eigenvalue weighted by atomic mass is 9.91. The van der Waals surface area contributed by atoms with E-state index in [0.29, 0.717) is 37.7 Å². The van der Waals surface area contributed by atoms with Gasteiger partial charge in [0.2, 0.25) is 5.95 Å². The lowest BCUT2D eigenvalue weighted by Crippen LogP contribution is -2.37. The Bertz CT molecular complexity index is 1050. The molecule has 30 heavy (non-hydrogen) atoms. The maximum atomic E-state index is 13.3. The summed E-state index contributed by atoms with van der Waals surface area (Å²) >= 11 is 6.35. The second-order valence-electron chi connectivity index (χ2n) is 7.50. The summed E-state index contributed by atoms with van der Waals surface area (Å²) in [5, 5.41) is 0.0727. The largest absolute Gasteiger partial charge is 0.496 e. The molecule has 8 nitrogen and oxygen atoms in total. The summed E-state index contributed by atoms with van der Waals surface area (Å²) in [6, 6.07) is 0. The molecule has 0 saturated carbocycles. The summed E-state index contributed by atoms with van der Waals surface area (Å²) in [5.74, 6) is 1.14.